The van der Waals surface area contributed by atoms with Gasteiger partial charge in [-0.05, 0) is 110 Å². The Hall–Kier alpha value is -4.41. The maximum absolute atomic E-state index is 14.4. The Morgan fingerprint density at radius 2 is 1.70 bits per heavy atom. The van der Waals surface area contributed by atoms with Gasteiger partial charge < -0.3 is 20.2 Å². The van der Waals surface area contributed by atoms with Crippen molar-refractivity contribution >= 4 is 22.6 Å². The van der Waals surface area contributed by atoms with Crippen molar-refractivity contribution in [2.24, 2.45) is 0 Å². The number of hydrogen-bond donors (Lipinski definition) is 2. The predicted molar refractivity (Wildman–Crippen MR) is 194 cm³/mol. The van der Waals surface area contributed by atoms with Gasteiger partial charge in [0.2, 0.25) is 0 Å². The summed E-state index contributed by atoms with van der Waals surface area (Å²) in [5.41, 5.74) is 5.23. The van der Waals surface area contributed by atoms with Gasteiger partial charge >= 0.3 is 0 Å². The fourth-order valence-corrected chi connectivity index (χ4v) is 6.47. The Labute approximate surface area is 281 Å². The number of pyridine rings is 1. The molecule has 5 rings (SSSR count). The Morgan fingerprint density at radius 1 is 1.02 bits per heavy atom. The van der Waals surface area contributed by atoms with Crippen molar-refractivity contribution in [3.8, 4) is 22.9 Å². The van der Waals surface area contributed by atoms with Crippen molar-refractivity contribution in [3.63, 3.8) is 0 Å². The molecule has 2 atom stereocenters. The maximum Gasteiger partial charge on any atom is 0.254 e. The Morgan fingerprint density at radius 3 is 2.36 bits per heavy atom. The van der Waals surface area contributed by atoms with Gasteiger partial charge in [-0.25, -0.2) is 4.98 Å². The van der Waals surface area contributed by atoms with Crippen LogP contribution < -0.4 is 5.32 Å². The molecule has 0 bridgehead atoms. The predicted octanol–water partition coefficient (Wildman–Crippen LogP) is 8.84. The van der Waals surface area contributed by atoms with Crippen molar-refractivity contribution in [3.05, 3.63) is 89.5 Å². The number of anilines is 1. The quantitative estimate of drug-likeness (QED) is 0.153. The molecule has 3 aromatic carbocycles. The summed E-state index contributed by atoms with van der Waals surface area (Å²) in [4.78, 5) is 24.0. The second-order valence-electron chi connectivity index (χ2n) is 12.3. The molecule has 1 amide bonds. The summed E-state index contributed by atoms with van der Waals surface area (Å²) < 4.78 is 0. The van der Waals surface area contributed by atoms with Gasteiger partial charge in [-0.2, -0.15) is 5.26 Å². The Bertz CT molecular complexity index is 1620. The molecule has 2 N–H and O–H groups in total. The first-order valence-corrected chi connectivity index (χ1v) is 17.4. The van der Waals surface area contributed by atoms with Crippen LogP contribution in [0.25, 0.3) is 22.0 Å². The van der Waals surface area contributed by atoms with Gasteiger partial charge in [0.05, 0.1) is 22.7 Å². The highest BCUT2D eigenvalue weighted by Gasteiger charge is 2.32. The van der Waals surface area contributed by atoms with Gasteiger partial charge in [-0.1, -0.05) is 65.0 Å². The fraction of sp³-hybridized carbons (Fsp3) is 0.425. The van der Waals surface area contributed by atoms with Crippen LogP contribution in [0, 0.1) is 11.3 Å². The molecule has 7 heteroatoms. The van der Waals surface area contributed by atoms with Crippen LogP contribution in [0.5, 0.6) is 5.75 Å². The number of nitrogens with zero attached hydrogens (tertiary/aromatic N) is 4. The number of nitrogens with one attached hydrogen (secondary N) is 1. The monoisotopic (exact) mass is 633 g/mol. The second kappa shape index (κ2) is 17.5. The molecule has 1 saturated heterocycles. The Kier molecular flexibility index (Phi) is 13.2. The normalized spacial score (nSPS) is 14.8. The fourth-order valence-electron chi connectivity index (χ4n) is 6.47. The van der Waals surface area contributed by atoms with E-state index >= 15 is 0 Å². The zero-order valence-electron chi connectivity index (χ0n) is 28.8. The molecule has 1 aromatic heterocycles. The van der Waals surface area contributed by atoms with Crippen LogP contribution in [0.3, 0.4) is 0 Å². The van der Waals surface area contributed by atoms with Gasteiger partial charge in [-0.15, -0.1) is 0 Å². The minimum absolute atomic E-state index is 0.0651. The number of benzene rings is 3. The summed E-state index contributed by atoms with van der Waals surface area (Å²) in [5, 5.41) is 23.2. The SMILES string of the molecule is CC.CCCN(CCC)CC1CCCN1C(=O)c1cc(NCCC(C)c2ccc(O)cc2)nc2ccc(-c3ccc(C#N)cc3)cc12. The van der Waals surface area contributed by atoms with Crippen LogP contribution in [0.1, 0.15) is 94.1 Å². The third-order valence-corrected chi connectivity index (χ3v) is 8.92. The zero-order chi connectivity index (χ0) is 33.8. The first-order chi connectivity index (χ1) is 22.9. The molecule has 4 aromatic rings. The molecule has 248 valence electrons. The van der Waals surface area contributed by atoms with E-state index in [0.29, 0.717) is 29.4 Å². The van der Waals surface area contributed by atoms with Crippen LogP contribution >= 0.6 is 0 Å². The number of fused-ring (bicyclic) bond motifs is 1. The van der Waals surface area contributed by atoms with Crippen molar-refractivity contribution in [1.82, 2.24) is 14.8 Å². The van der Waals surface area contributed by atoms with Gasteiger partial charge in [0, 0.05) is 31.1 Å². The molecular formula is C40H51N5O2. The number of amides is 1. The molecule has 0 saturated carbocycles. The molecule has 2 heterocycles. The summed E-state index contributed by atoms with van der Waals surface area (Å²) >= 11 is 0. The number of carbonyl (C=O) groups excluding carboxylic acids is 1. The lowest BCUT2D eigenvalue weighted by Crippen LogP contribution is -2.43. The van der Waals surface area contributed by atoms with Crippen LogP contribution in [-0.2, 0) is 0 Å². The van der Waals surface area contributed by atoms with E-state index in [2.05, 4.69) is 48.0 Å². The van der Waals surface area contributed by atoms with Crippen molar-refractivity contribution in [2.75, 3.05) is 38.0 Å². The lowest BCUT2D eigenvalue weighted by molar-refractivity contribution is 0.0701. The highest BCUT2D eigenvalue weighted by molar-refractivity contribution is 6.08. The summed E-state index contributed by atoms with van der Waals surface area (Å²) in [6.45, 7) is 15.1. The van der Waals surface area contributed by atoms with E-state index < -0.39 is 0 Å². The third kappa shape index (κ3) is 9.11. The Balaban J connectivity index is 0.00000245. The molecule has 0 spiro atoms. The largest absolute Gasteiger partial charge is 0.508 e. The first-order valence-electron chi connectivity index (χ1n) is 17.4. The second-order valence-corrected chi connectivity index (χ2v) is 12.3. The summed E-state index contributed by atoms with van der Waals surface area (Å²) in [6.07, 6.45) is 5.13. The molecule has 2 unspecified atom stereocenters. The van der Waals surface area contributed by atoms with Crippen molar-refractivity contribution in [1.29, 1.82) is 5.26 Å². The lowest BCUT2D eigenvalue weighted by atomic mass is 9.97. The summed E-state index contributed by atoms with van der Waals surface area (Å²) in [5.74, 6) is 1.33. The highest BCUT2D eigenvalue weighted by atomic mass is 16.3. The summed E-state index contributed by atoms with van der Waals surface area (Å²) in [6, 6.07) is 25.3. The smallest absolute Gasteiger partial charge is 0.254 e. The lowest BCUT2D eigenvalue weighted by Gasteiger charge is -2.31. The van der Waals surface area contributed by atoms with Crippen molar-refractivity contribution < 1.29 is 9.90 Å². The van der Waals surface area contributed by atoms with Crippen LogP contribution in [0.4, 0.5) is 5.82 Å². The number of nitriles is 1. The maximum atomic E-state index is 14.4. The van der Waals surface area contributed by atoms with E-state index in [4.69, 9.17) is 4.98 Å². The summed E-state index contributed by atoms with van der Waals surface area (Å²) in [7, 11) is 0. The molecule has 1 aliphatic rings. The van der Waals surface area contributed by atoms with Gasteiger partial charge in [0.15, 0.2) is 0 Å². The minimum atomic E-state index is 0.0651. The van der Waals surface area contributed by atoms with E-state index in [0.717, 1.165) is 80.3 Å². The first kappa shape index (κ1) is 35.4. The van der Waals surface area contributed by atoms with E-state index in [1.807, 2.05) is 68.4 Å². The number of carbonyl (C=O) groups is 1. The number of phenols is 1. The number of hydrogen-bond acceptors (Lipinski definition) is 6. The molecule has 1 aliphatic heterocycles. The molecule has 1 fully saturated rings. The zero-order valence-corrected chi connectivity index (χ0v) is 28.8. The van der Waals surface area contributed by atoms with Gasteiger partial charge in [0.25, 0.3) is 5.91 Å². The molecular weight excluding hydrogens is 582 g/mol. The van der Waals surface area contributed by atoms with E-state index in [1.165, 1.54) is 5.56 Å². The van der Waals surface area contributed by atoms with Crippen LogP contribution in [0.15, 0.2) is 72.8 Å². The van der Waals surface area contributed by atoms with Crippen LogP contribution in [0.2, 0.25) is 0 Å². The van der Waals surface area contributed by atoms with E-state index in [1.54, 1.807) is 12.1 Å². The van der Waals surface area contributed by atoms with E-state index in [9.17, 15) is 15.2 Å². The topological polar surface area (TPSA) is 92.5 Å². The molecule has 0 radical (unpaired) electrons. The van der Waals surface area contributed by atoms with Gasteiger partial charge in [0.1, 0.15) is 11.6 Å². The number of likely N-dealkylation sites (tertiary alicyclic amines) is 1. The van der Waals surface area contributed by atoms with E-state index in [-0.39, 0.29) is 17.7 Å². The average Bonchev–Trinajstić information content (AvgIpc) is 3.57. The van der Waals surface area contributed by atoms with Crippen molar-refractivity contribution in [2.45, 2.75) is 78.7 Å². The number of aromatic nitrogens is 1. The number of rotatable bonds is 13. The third-order valence-electron chi connectivity index (χ3n) is 8.92. The highest BCUT2D eigenvalue weighted by Crippen LogP contribution is 2.31. The molecule has 7 nitrogen and oxygen atoms in total. The standard InChI is InChI=1S/C38H45N5O2.C2H6/c1-4-20-42(21-5-2)26-32-7-6-22-43(32)38(45)35-24-37(40-19-18-27(3)29-12-15-33(44)16-13-29)41-36-17-14-31(23-34(35)36)30-10-8-28(25-39)9-11-30;1-2/h8-17,23-24,27,32,44H,4-7,18-22,26H2,1-3H3,(H,40,41);1-2H3. The van der Waals surface area contributed by atoms with Crippen LogP contribution in [-0.4, -0.2) is 64.6 Å². The number of aromatic hydroxyl groups is 1. The number of phenolic OH excluding ortho intramolecular Hbond substituents is 1. The average molecular weight is 634 g/mol. The van der Waals surface area contributed by atoms with Gasteiger partial charge in [-0.3, -0.25) is 4.79 Å². The molecule has 0 aliphatic carbocycles. The molecule has 47 heavy (non-hydrogen) atoms. The minimum Gasteiger partial charge on any atom is -0.508 e.